The highest BCUT2D eigenvalue weighted by atomic mass is 32.2. The number of hydrogen-bond acceptors (Lipinski definition) is 7. The summed E-state index contributed by atoms with van der Waals surface area (Å²) in [5.41, 5.74) is 5.37. The highest BCUT2D eigenvalue weighted by molar-refractivity contribution is 7.89. The van der Waals surface area contributed by atoms with Crippen molar-refractivity contribution in [2.75, 3.05) is 20.2 Å². The van der Waals surface area contributed by atoms with Gasteiger partial charge in [0.25, 0.3) is 0 Å². The van der Waals surface area contributed by atoms with E-state index >= 15 is 0 Å². The van der Waals surface area contributed by atoms with E-state index in [1.54, 1.807) is 12.1 Å². The van der Waals surface area contributed by atoms with Crippen LogP contribution in [0.3, 0.4) is 0 Å². The molecular weight excluding hydrogens is 515 g/mol. The van der Waals surface area contributed by atoms with E-state index in [0.29, 0.717) is 6.42 Å². The first-order valence-electron chi connectivity index (χ1n) is 11.8. The summed E-state index contributed by atoms with van der Waals surface area (Å²) >= 11 is 0.997. The predicted molar refractivity (Wildman–Crippen MR) is 135 cm³/mol. The lowest BCUT2D eigenvalue weighted by Crippen LogP contribution is -2.37. The number of nitrogens with zero attached hydrogens (tertiary/aromatic N) is 4. The van der Waals surface area contributed by atoms with Crippen molar-refractivity contribution in [3.8, 4) is 11.8 Å². The topological polar surface area (TPSA) is 105 Å². The molecule has 192 valence electrons. The van der Waals surface area contributed by atoms with Crippen LogP contribution in [0.15, 0.2) is 58.0 Å². The zero-order valence-corrected chi connectivity index (χ0v) is 22.0. The third-order valence-electron chi connectivity index (χ3n) is 7.22. The minimum Gasteiger partial charge on any atom is -0.465 e. The third-order valence-corrected chi connectivity index (χ3v) is 10.1. The zero-order valence-electron chi connectivity index (χ0n) is 20.3. The van der Waals surface area contributed by atoms with Gasteiger partial charge in [-0.15, -0.1) is 11.3 Å². The number of nitriles is 1. The van der Waals surface area contributed by atoms with Crippen LogP contribution in [-0.4, -0.2) is 48.7 Å². The van der Waals surface area contributed by atoms with Crippen LogP contribution >= 0.6 is 11.3 Å². The van der Waals surface area contributed by atoms with Gasteiger partial charge in [-0.05, 0) is 54.5 Å². The van der Waals surface area contributed by atoms with Gasteiger partial charge in [-0.25, -0.2) is 22.3 Å². The molecule has 0 bridgehead atoms. The number of halogens is 1. The Balaban J connectivity index is 1.44. The third kappa shape index (κ3) is 4.39. The molecule has 2 atom stereocenters. The largest absolute Gasteiger partial charge is 0.465 e. The van der Waals surface area contributed by atoms with Crippen LogP contribution in [0.5, 0.6) is 0 Å². The average molecular weight is 541 g/mol. The normalized spacial score (nSPS) is 19.0. The summed E-state index contributed by atoms with van der Waals surface area (Å²) in [5, 5.41) is 15.6. The molecule has 11 heteroatoms. The number of sulfonamides is 1. The molecule has 0 N–H and O–H groups in total. The molecule has 0 unspecified atom stereocenters. The highest BCUT2D eigenvalue weighted by Crippen LogP contribution is 2.47. The number of allylic oxidation sites excluding steroid dienone is 1. The number of aromatic nitrogens is 2. The molecule has 0 radical (unpaired) electrons. The molecule has 5 rings (SSSR count). The van der Waals surface area contributed by atoms with E-state index in [1.165, 1.54) is 46.1 Å². The lowest BCUT2D eigenvalue weighted by molar-refractivity contribution is 0.0602. The molecule has 0 saturated heterocycles. The van der Waals surface area contributed by atoms with Crippen LogP contribution in [0, 0.1) is 23.1 Å². The number of carbonyl (C=O) groups excluding carboxylic acids is 1. The van der Waals surface area contributed by atoms with Gasteiger partial charge in [0, 0.05) is 24.4 Å². The minimum atomic E-state index is -4.09. The molecule has 8 nitrogen and oxygen atoms in total. The fourth-order valence-corrected chi connectivity index (χ4v) is 8.22. The summed E-state index contributed by atoms with van der Waals surface area (Å²) in [4.78, 5) is 12.0. The van der Waals surface area contributed by atoms with Gasteiger partial charge in [0.1, 0.15) is 22.1 Å². The van der Waals surface area contributed by atoms with E-state index in [9.17, 15) is 22.9 Å². The number of rotatable bonds is 7. The van der Waals surface area contributed by atoms with Crippen LogP contribution in [0.1, 0.15) is 46.6 Å². The van der Waals surface area contributed by atoms with Crippen molar-refractivity contribution in [3.63, 3.8) is 0 Å². The van der Waals surface area contributed by atoms with Gasteiger partial charge in [-0.2, -0.15) is 14.7 Å². The number of ether oxygens (including phenoxy) is 1. The van der Waals surface area contributed by atoms with Crippen molar-refractivity contribution >= 4 is 27.3 Å². The molecule has 0 aliphatic heterocycles. The van der Waals surface area contributed by atoms with E-state index in [-0.39, 0.29) is 40.5 Å². The van der Waals surface area contributed by atoms with Crippen LogP contribution < -0.4 is 0 Å². The van der Waals surface area contributed by atoms with Gasteiger partial charge in [0.2, 0.25) is 10.0 Å². The maximum Gasteiger partial charge on any atom is 0.349 e. The second-order valence-corrected chi connectivity index (χ2v) is 12.0. The van der Waals surface area contributed by atoms with Crippen molar-refractivity contribution in [2.24, 2.45) is 5.92 Å². The van der Waals surface area contributed by atoms with E-state index in [2.05, 4.69) is 12.0 Å². The van der Waals surface area contributed by atoms with Crippen molar-refractivity contribution in [2.45, 2.75) is 37.0 Å². The van der Waals surface area contributed by atoms with Crippen LogP contribution in [-0.2, 0) is 21.2 Å². The highest BCUT2D eigenvalue weighted by Gasteiger charge is 2.39. The Morgan fingerprint density at radius 1 is 1.32 bits per heavy atom. The Kier molecular flexibility index (Phi) is 6.74. The number of thiophene rings is 1. The molecule has 2 aliphatic carbocycles. The maximum absolute atomic E-state index is 13.6. The van der Waals surface area contributed by atoms with Crippen molar-refractivity contribution in [3.05, 3.63) is 75.0 Å². The van der Waals surface area contributed by atoms with Crippen molar-refractivity contribution in [1.82, 2.24) is 14.1 Å². The van der Waals surface area contributed by atoms with Gasteiger partial charge < -0.3 is 4.74 Å². The van der Waals surface area contributed by atoms with E-state index in [0.717, 1.165) is 41.1 Å². The zero-order chi connectivity index (χ0) is 26.3. The quantitative estimate of drug-likeness (QED) is 0.249. The molecule has 3 aromatic rings. The standard InChI is InChI=1S/C26H25FN4O4S2/c1-16-21-14-29-31(20-7-5-19(27)6-8-20)22(21)13-17-3-4-18(24(16)17)15-30(11-10-28)37(33,34)23-9-12-36-25(23)26(32)35-2/h5-9,12,14,16,18H,3-4,11,13,15H2,1-2H3/t16-,18+/m0/s1. The number of carbonyl (C=O) groups is 1. The first kappa shape index (κ1) is 25.3. The summed E-state index contributed by atoms with van der Waals surface area (Å²) in [6, 6.07) is 9.58. The Bertz CT molecular complexity index is 1530. The monoisotopic (exact) mass is 540 g/mol. The van der Waals surface area contributed by atoms with Crippen LogP contribution in [0.25, 0.3) is 5.69 Å². The molecule has 0 saturated carbocycles. The van der Waals surface area contributed by atoms with Crippen molar-refractivity contribution < 1.29 is 22.3 Å². The Labute approximate surface area is 218 Å². The Hall–Kier alpha value is -3.33. The van der Waals surface area contributed by atoms with Gasteiger partial charge in [-0.1, -0.05) is 18.1 Å². The first-order chi connectivity index (χ1) is 17.8. The second kappa shape index (κ2) is 9.85. The molecule has 0 spiro atoms. The van der Waals surface area contributed by atoms with Crippen LogP contribution in [0.2, 0.25) is 0 Å². The van der Waals surface area contributed by atoms with E-state index < -0.39 is 16.0 Å². The van der Waals surface area contributed by atoms with Gasteiger partial charge in [-0.3, -0.25) is 0 Å². The minimum absolute atomic E-state index is 0.000602. The van der Waals surface area contributed by atoms with Gasteiger partial charge in [0.05, 0.1) is 30.8 Å². The lowest BCUT2D eigenvalue weighted by atomic mass is 9.80. The molecular formula is C26H25FN4O4S2. The molecule has 37 heavy (non-hydrogen) atoms. The molecule has 0 fully saturated rings. The molecule has 2 heterocycles. The predicted octanol–water partition coefficient (Wildman–Crippen LogP) is 4.44. The van der Waals surface area contributed by atoms with Gasteiger partial charge >= 0.3 is 5.97 Å². The Morgan fingerprint density at radius 2 is 2.08 bits per heavy atom. The average Bonchev–Trinajstić information content (AvgIpc) is 3.63. The molecule has 2 aliphatic rings. The molecule has 2 aromatic heterocycles. The number of esters is 1. The van der Waals surface area contributed by atoms with E-state index in [1.807, 2.05) is 16.9 Å². The second-order valence-electron chi connectivity index (χ2n) is 9.19. The summed E-state index contributed by atoms with van der Waals surface area (Å²) < 4.78 is 48.3. The SMILES string of the molecule is COC(=O)c1sccc1S(=O)(=O)N(CC#N)C[C@H]1CCC2=C1[C@@H](C)c1cnn(-c3ccc(F)cc3)c1C2. The fraction of sp³-hybridized carbons (Fsp3) is 0.346. The maximum atomic E-state index is 13.6. The summed E-state index contributed by atoms with van der Waals surface area (Å²) in [5.74, 6) is -1.06. The smallest absolute Gasteiger partial charge is 0.349 e. The molecule has 1 aromatic carbocycles. The number of hydrogen-bond donors (Lipinski definition) is 0. The lowest BCUT2D eigenvalue weighted by Gasteiger charge is -2.30. The van der Waals surface area contributed by atoms with E-state index in [4.69, 9.17) is 4.74 Å². The summed E-state index contributed by atoms with van der Waals surface area (Å²) in [6.07, 6.45) is 4.12. The summed E-state index contributed by atoms with van der Waals surface area (Å²) in [6.45, 7) is 1.93. The number of benzene rings is 1. The fourth-order valence-electron chi connectivity index (χ4n) is 5.53. The van der Waals surface area contributed by atoms with Gasteiger partial charge in [0.15, 0.2) is 0 Å². The van der Waals surface area contributed by atoms with Crippen molar-refractivity contribution in [1.29, 1.82) is 5.26 Å². The number of fused-ring (bicyclic) bond motifs is 1. The molecule has 0 amide bonds. The Morgan fingerprint density at radius 3 is 2.78 bits per heavy atom. The first-order valence-corrected chi connectivity index (χ1v) is 14.2. The van der Waals surface area contributed by atoms with Crippen LogP contribution in [0.4, 0.5) is 4.39 Å². The summed E-state index contributed by atoms with van der Waals surface area (Å²) in [7, 11) is -2.89. The number of methoxy groups -OCH3 is 1.